The number of rotatable bonds is 2. The first kappa shape index (κ1) is 16.9. The Hall–Kier alpha value is -2.99. The summed E-state index contributed by atoms with van der Waals surface area (Å²) in [6, 6.07) is 11.5. The van der Waals surface area contributed by atoms with E-state index in [0.717, 1.165) is 29.2 Å². The molecule has 0 N–H and O–H groups in total. The van der Waals surface area contributed by atoms with E-state index in [9.17, 15) is 9.59 Å². The molecule has 0 spiro atoms. The van der Waals surface area contributed by atoms with E-state index in [0.29, 0.717) is 11.4 Å². The van der Waals surface area contributed by atoms with Crippen molar-refractivity contribution in [2.75, 3.05) is 4.90 Å². The van der Waals surface area contributed by atoms with E-state index in [2.05, 4.69) is 4.98 Å². The number of aromatic nitrogens is 1. The summed E-state index contributed by atoms with van der Waals surface area (Å²) in [6.07, 6.45) is 4.67. The molecule has 29 heavy (non-hydrogen) atoms. The zero-order valence-corrected chi connectivity index (χ0v) is 16.2. The molecule has 0 saturated carbocycles. The summed E-state index contributed by atoms with van der Waals surface area (Å²) in [5.74, 6) is -0.481. The molecule has 1 unspecified atom stereocenters. The Morgan fingerprint density at radius 3 is 2.24 bits per heavy atom. The Morgan fingerprint density at radius 2 is 1.62 bits per heavy atom. The van der Waals surface area contributed by atoms with Crippen molar-refractivity contribution in [3.63, 3.8) is 0 Å². The van der Waals surface area contributed by atoms with Crippen molar-refractivity contribution in [2.45, 2.75) is 37.9 Å². The third kappa shape index (κ3) is 2.02. The smallest absolute Gasteiger partial charge is 0.240 e. The zero-order chi connectivity index (χ0) is 20.0. The van der Waals surface area contributed by atoms with Crippen LogP contribution in [0, 0.1) is 11.8 Å². The Kier molecular flexibility index (Phi) is 3.11. The fraction of sp³-hybridized carbons (Fsp3) is 0.348. The first-order valence-corrected chi connectivity index (χ1v) is 9.92. The minimum absolute atomic E-state index is 0.150. The number of anilines is 1. The van der Waals surface area contributed by atoms with Crippen LogP contribution in [0.2, 0.25) is 0 Å². The predicted molar refractivity (Wildman–Crippen MR) is 106 cm³/mol. The second-order valence-electron chi connectivity index (χ2n) is 8.74. The number of carbonyl (C=O) groups is 2. The molecule has 4 heterocycles. The van der Waals surface area contributed by atoms with Crippen LogP contribution in [-0.2, 0) is 14.3 Å². The average molecular weight is 388 g/mol. The van der Waals surface area contributed by atoms with Crippen LogP contribution in [0.1, 0.15) is 26.7 Å². The third-order valence-corrected chi connectivity index (χ3v) is 7.05. The van der Waals surface area contributed by atoms with Gasteiger partial charge in [-0.3, -0.25) is 9.59 Å². The number of ether oxygens (including phenoxy) is 1. The number of benzene rings is 2. The molecule has 6 heteroatoms. The van der Waals surface area contributed by atoms with Crippen molar-refractivity contribution in [3.8, 4) is 11.3 Å². The Labute approximate surface area is 167 Å². The van der Waals surface area contributed by atoms with Crippen molar-refractivity contribution in [1.29, 1.82) is 0 Å². The molecule has 3 saturated heterocycles. The minimum atomic E-state index is -0.559. The maximum atomic E-state index is 13.5. The Balaban J connectivity index is 1.53. The van der Waals surface area contributed by atoms with Gasteiger partial charge in [-0.15, -0.1) is 0 Å². The van der Waals surface area contributed by atoms with E-state index in [1.165, 1.54) is 11.3 Å². The van der Waals surface area contributed by atoms with Gasteiger partial charge in [0.25, 0.3) is 0 Å². The van der Waals surface area contributed by atoms with Gasteiger partial charge in [-0.1, -0.05) is 24.3 Å². The number of amides is 2. The fourth-order valence-corrected chi connectivity index (χ4v) is 5.75. The van der Waals surface area contributed by atoms with E-state index in [-0.39, 0.29) is 11.8 Å². The molecule has 4 atom stereocenters. The van der Waals surface area contributed by atoms with Gasteiger partial charge in [0.05, 0.1) is 34.9 Å². The van der Waals surface area contributed by atoms with Gasteiger partial charge in [-0.2, -0.15) is 0 Å². The molecule has 3 aliphatic rings. The van der Waals surface area contributed by atoms with Gasteiger partial charge in [-0.25, -0.2) is 9.88 Å². The van der Waals surface area contributed by atoms with Crippen LogP contribution in [0.4, 0.5) is 5.69 Å². The van der Waals surface area contributed by atoms with Crippen LogP contribution in [0.15, 0.2) is 53.4 Å². The highest BCUT2D eigenvalue weighted by Crippen LogP contribution is 2.61. The molecule has 2 amide bonds. The number of fused-ring (bicyclic) bond motifs is 6. The van der Waals surface area contributed by atoms with Crippen LogP contribution in [0.5, 0.6) is 0 Å². The summed E-state index contributed by atoms with van der Waals surface area (Å²) in [5.41, 5.74) is 0.385. The largest absolute Gasteiger partial charge is 0.443 e. The average Bonchev–Trinajstić information content (AvgIpc) is 3.44. The van der Waals surface area contributed by atoms with Gasteiger partial charge in [0.1, 0.15) is 0 Å². The van der Waals surface area contributed by atoms with Crippen LogP contribution < -0.4 is 4.90 Å². The van der Waals surface area contributed by atoms with Crippen molar-refractivity contribution >= 4 is 28.3 Å². The highest BCUT2D eigenvalue weighted by molar-refractivity contribution is 6.26. The molecule has 3 fully saturated rings. The van der Waals surface area contributed by atoms with E-state index in [1.54, 1.807) is 6.20 Å². The van der Waals surface area contributed by atoms with Gasteiger partial charge in [0.15, 0.2) is 12.2 Å². The Morgan fingerprint density at radius 1 is 0.966 bits per heavy atom. The van der Waals surface area contributed by atoms with Crippen molar-refractivity contribution in [2.24, 2.45) is 11.8 Å². The second-order valence-corrected chi connectivity index (χ2v) is 8.74. The molecular weight excluding hydrogens is 368 g/mol. The minimum Gasteiger partial charge on any atom is -0.443 e. The summed E-state index contributed by atoms with van der Waals surface area (Å²) >= 11 is 0. The molecule has 1 aromatic heterocycles. The molecule has 6 rings (SSSR count). The zero-order valence-electron chi connectivity index (χ0n) is 16.2. The second kappa shape index (κ2) is 5.33. The summed E-state index contributed by atoms with van der Waals surface area (Å²) < 4.78 is 11.7. The first-order chi connectivity index (χ1) is 13.9. The number of hydrogen-bond acceptors (Lipinski definition) is 5. The lowest BCUT2D eigenvalue weighted by Gasteiger charge is -2.27. The summed E-state index contributed by atoms with van der Waals surface area (Å²) in [5, 5.41) is 1.75. The topological polar surface area (TPSA) is 72.6 Å². The Bertz CT molecular complexity index is 1150. The molecule has 146 valence electrons. The van der Waals surface area contributed by atoms with Crippen LogP contribution >= 0.6 is 0 Å². The van der Waals surface area contributed by atoms with Crippen molar-refractivity contribution < 1.29 is 18.7 Å². The first-order valence-electron chi connectivity index (χ1n) is 9.92. The van der Waals surface area contributed by atoms with Crippen molar-refractivity contribution in [3.05, 3.63) is 49.0 Å². The fourth-order valence-electron chi connectivity index (χ4n) is 5.75. The van der Waals surface area contributed by atoms with Gasteiger partial charge in [0.2, 0.25) is 11.8 Å². The molecule has 3 aliphatic heterocycles. The third-order valence-electron chi connectivity index (χ3n) is 7.05. The van der Waals surface area contributed by atoms with Crippen LogP contribution in [0.25, 0.3) is 22.1 Å². The normalized spacial score (nSPS) is 33.1. The molecule has 3 aromatic rings. The molecule has 2 bridgehead atoms. The number of hydrogen-bond donors (Lipinski definition) is 0. The molecule has 0 aliphatic carbocycles. The lowest BCUT2D eigenvalue weighted by molar-refractivity contribution is -0.129. The number of nitrogens with zero attached hydrogens (tertiary/aromatic N) is 2. The molecule has 0 radical (unpaired) electrons. The van der Waals surface area contributed by atoms with E-state index in [4.69, 9.17) is 9.15 Å². The highest BCUT2D eigenvalue weighted by atomic mass is 16.5. The van der Waals surface area contributed by atoms with E-state index in [1.807, 2.05) is 50.2 Å². The van der Waals surface area contributed by atoms with Gasteiger partial charge in [0, 0.05) is 10.9 Å². The molecule has 6 nitrogen and oxygen atoms in total. The number of imide groups is 1. The summed E-state index contributed by atoms with van der Waals surface area (Å²) in [6.45, 7) is 3.95. The number of oxazole rings is 1. The lowest BCUT2D eigenvalue weighted by Crippen LogP contribution is -2.40. The van der Waals surface area contributed by atoms with E-state index >= 15 is 0 Å². The van der Waals surface area contributed by atoms with Crippen LogP contribution in [-0.4, -0.2) is 28.0 Å². The van der Waals surface area contributed by atoms with Crippen molar-refractivity contribution in [1.82, 2.24) is 4.98 Å². The standard InChI is InChI=1S/C23H20N2O4/c1-22-9-10-23(2,29-22)19-18(22)20(26)25(21(19)27)16-8-7-15(17-11-24-12-28-17)13-5-3-4-6-14(13)16/h3-8,11-12,18-19H,9-10H2,1-2H3/t18-,19+,22-,23?/m1/s1. The monoisotopic (exact) mass is 388 g/mol. The van der Waals surface area contributed by atoms with Gasteiger partial charge < -0.3 is 9.15 Å². The van der Waals surface area contributed by atoms with E-state index < -0.39 is 23.0 Å². The highest BCUT2D eigenvalue weighted by Gasteiger charge is 2.72. The summed E-state index contributed by atoms with van der Waals surface area (Å²) in [7, 11) is 0. The maximum Gasteiger partial charge on any atom is 0.240 e. The maximum absolute atomic E-state index is 13.5. The van der Waals surface area contributed by atoms with Crippen LogP contribution in [0.3, 0.4) is 0 Å². The SMILES string of the molecule is CC12CC[C@@](C)(O1)[C@H]1C(=O)N(c3ccc(-c4cnco4)c4ccccc34)C(=O)[C@H]12. The molecule has 2 aromatic carbocycles. The predicted octanol–water partition coefficient (Wildman–Crippen LogP) is 3.94. The molecular formula is C23H20N2O4. The lowest BCUT2D eigenvalue weighted by atomic mass is 9.69. The van der Waals surface area contributed by atoms with Gasteiger partial charge in [-0.05, 0) is 44.2 Å². The van der Waals surface area contributed by atoms with Gasteiger partial charge >= 0.3 is 0 Å². The number of carbonyl (C=O) groups excluding carboxylic acids is 2. The summed E-state index contributed by atoms with van der Waals surface area (Å²) in [4.78, 5) is 32.4. The quantitative estimate of drug-likeness (QED) is 0.622.